The number of ketones is 2. The maximum atomic E-state index is 14.7. The van der Waals surface area contributed by atoms with E-state index in [2.05, 4.69) is 56.3 Å². The lowest BCUT2D eigenvalue weighted by Gasteiger charge is -2.31. The Labute approximate surface area is 275 Å². The first-order valence-electron chi connectivity index (χ1n) is 16.5. The highest BCUT2D eigenvalue weighted by Crippen LogP contribution is 2.50. The number of carbonyl (C=O) groups excluding carboxylic acids is 2. The van der Waals surface area contributed by atoms with E-state index >= 15 is 0 Å². The van der Waals surface area contributed by atoms with Crippen LogP contribution in [0.15, 0.2) is 132 Å². The van der Waals surface area contributed by atoms with Crippen LogP contribution < -0.4 is 19.2 Å². The summed E-state index contributed by atoms with van der Waals surface area (Å²) >= 11 is 0. The Kier molecular flexibility index (Phi) is 7.14. The highest BCUT2D eigenvalue weighted by molar-refractivity contribution is 6.93. The number of carbonyl (C=O) groups is 2. The number of Topliss-reactive ketones (excluding diaryl/α,β-unsaturated/α-hetero) is 2. The highest BCUT2D eigenvalue weighted by atomic mass is 28.4. The number of fused-ring (bicyclic) bond motifs is 9. The minimum Gasteiger partial charge on any atom is -0.505 e. The van der Waals surface area contributed by atoms with Crippen LogP contribution in [0.25, 0.3) is 32.7 Å². The van der Waals surface area contributed by atoms with Gasteiger partial charge in [-0.3, -0.25) is 9.59 Å². The van der Waals surface area contributed by atoms with Crippen molar-refractivity contribution in [1.29, 1.82) is 0 Å². The maximum absolute atomic E-state index is 14.7. The van der Waals surface area contributed by atoms with Crippen molar-refractivity contribution >= 4 is 52.0 Å². The molecule has 0 fully saturated rings. The Hall–Kier alpha value is -5.26. The predicted molar refractivity (Wildman–Crippen MR) is 192 cm³/mol. The summed E-state index contributed by atoms with van der Waals surface area (Å²) in [7, 11) is -3.44. The van der Waals surface area contributed by atoms with E-state index in [1.807, 2.05) is 78.9 Å². The monoisotopic (exact) mass is 630 g/mol. The first kappa shape index (κ1) is 29.2. The quantitative estimate of drug-likeness (QED) is 0.172. The summed E-state index contributed by atoms with van der Waals surface area (Å²) in [5.74, 6) is 1.25. The fraction of sp³-hybridized carbons (Fsp3) is 0.143. The molecule has 0 unspecified atom stereocenters. The molecule has 6 aromatic carbocycles. The molecule has 1 aliphatic heterocycles. The van der Waals surface area contributed by atoms with E-state index in [0.29, 0.717) is 46.6 Å². The first-order valence-corrected chi connectivity index (χ1v) is 18.3. The van der Waals surface area contributed by atoms with Gasteiger partial charge in [0, 0.05) is 49.2 Å². The smallest absolute Gasteiger partial charge is 0.505 e. The second kappa shape index (κ2) is 11.5. The Morgan fingerprint density at radius 2 is 1.04 bits per heavy atom. The van der Waals surface area contributed by atoms with E-state index in [4.69, 9.17) is 8.85 Å². The Bertz CT molecular complexity index is 2210. The number of hydrogen-bond donors (Lipinski definition) is 0. The van der Waals surface area contributed by atoms with Crippen LogP contribution in [-0.2, 0) is 0 Å². The molecule has 230 valence electrons. The highest BCUT2D eigenvalue weighted by Gasteiger charge is 2.50. The van der Waals surface area contributed by atoms with E-state index in [1.54, 1.807) is 0 Å². The molecule has 0 radical (unpaired) electrons. The molecular weight excluding hydrogens is 597 g/mol. The first-order chi connectivity index (χ1) is 23.1. The van der Waals surface area contributed by atoms with E-state index < -0.39 is 8.56 Å². The van der Waals surface area contributed by atoms with Crippen LogP contribution in [0.1, 0.15) is 60.2 Å². The number of benzene rings is 6. The maximum Gasteiger partial charge on any atom is 0.531 e. The average Bonchev–Trinajstić information content (AvgIpc) is 3.28. The van der Waals surface area contributed by atoms with Gasteiger partial charge in [-0.15, -0.1) is 0 Å². The molecule has 6 aromatic rings. The molecule has 1 heterocycles. The number of hydrogen-bond acceptors (Lipinski definition) is 4. The van der Waals surface area contributed by atoms with Crippen LogP contribution in [0.5, 0.6) is 11.5 Å². The summed E-state index contributed by atoms with van der Waals surface area (Å²) in [4.78, 5) is 28.9. The van der Waals surface area contributed by atoms with Gasteiger partial charge < -0.3 is 8.85 Å². The van der Waals surface area contributed by atoms with Crippen LogP contribution in [0.3, 0.4) is 0 Å². The lowest BCUT2D eigenvalue weighted by Crippen LogP contribution is -2.68. The van der Waals surface area contributed by atoms with E-state index in [1.165, 1.54) is 0 Å². The predicted octanol–water partition coefficient (Wildman–Crippen LogP) is 8.96. The normalized spacial score (nSPS) is 15.0. The molecule has 0 N–H and O–H groups in total. The third-order valence-electron chi connectivity index (χ3n) is 9.49. The van der Waals surface area contributed by atoms with Gasteiger partial charge in [-0.05, 0) is 47.2 Å². The Morgan fingerprint density at radius 3 is 1.68 bits per heavy atom. The van der Waals surface area contributed by atoms with Crippen molar-refractivity contribution in [3.05, 3.63) is 144 Å². The van der Waals surface area contributed by atoms with Crippen molar-refractivity contribution in [3.8, 4) is 22.6 Å². The van der Waals surface area contributed by atoms with Gasteiger partial charge in [-0.1, -0.05) is 130 Å². The second-order valence-electron chi connectivity index (χ2n) is 12.4. The summed E-state index contributed by atoms with van der Waals surface area (Å²) in [5.41, 5.74) is 3.93. The minimum absolute atomic E-state index is 0.0365. The molecule has 0 bridgehead atoms. The topological polar surface area (TPSA) is 52.6 Å². The molecule has 8 rings (SSSR count). The number of rotatable bonds is 6. The summed E-state index contributed by atoms with van der Waals surface area (Å²) in [6.45, 7) is 4.11. The summed E-state index contributed by atoms with van der Waals surface area (Å²) < 4.78 is 14.7. The van der Waals surface area contributed by atoms with Crippen molar-refractivity contribution in [2.45, 2.75) is 39.5 Å². The summed E-state index contributed by atoms with van der Waals surface area (Å²) in [6.07, 6.45) is 2.75. The molecule has 0 spiro atoms. The van der Waals surface area contributed by atoms with Gasteiger partial charge in [0.15, 0.2) is 11.6 Å². The fourth-order valence-electron chi connectivity index (χ4n) is 7.42. The Morgan fingerprint density at radius 1 is 0.511 bits per heavy atom. The van der Waals surface area contributed by atoms with Crippen LogP contribution in [0.4, 0.5) is 0 Å². The second-order valence-corrected chi connectivity index (χ2v) is 15.1. The van der Waals surface area contributed by atoms with Gasteiger partial charge in [0.2, 0.25) is 0 Å². The molecule has 2 aliphatic rings. The third-order valence-corrected chi connectivity index (χ3v) is 12.7. The molecule has 0 saturated carbocycles. The van der Waals surface area contributed by atoms with Gasteiger partial charge in [0.25, 0.3) is 0 Å². The molecule has 0 saturated heterocycles. The van der Waals surface area contributed by atoms with Gasteiger partial charge in [-0.25, -0.2) is 0 Å². The van der Waals surface area contributed by atoms with Crippen LogP contribution >= 0.6 is 0 Å². The van der Waals surface area contributed by atoms with Gasteiger partial charge in [-0.2, -0.15) is 0 Å². The molecule has 0 atom stereocenters. The molecule has 0 aromatic heterocycles. The molecule has 0 amide bonds. The van der Waals surface area contributed by atoms with Crippen molar-refractivity contribution < 1.29 is 18.4 Å². The van der Waals surface area contributed by atoms with Crippen LogP contribution in [0, 0.1) is 0 Å². The zero-order chi connectivity index (χ0) is 32.1. The lowest BCUT2D eigenvalue weighted by atomic mass is 9.77. The Balaban J connectivity index is 1.52. The molecular formula is C42H34O4Si. The molecule has 1 aliphatic carbocycles. The van der Waals surface area contributed by atoms with Gasteiger partial charge >= 0.3 is 8.56 Å². The van der Waals surface area contributed by atoms with Gasteiger partial charge in [0.05, 0.1) is 0 Å². The van der Waals surface area contributed by atoms with E-state index in [0.717, 1.165) is 55.9 Å². The third kappa shape index (κ3) is 4.49. The van der Waals surface area contributed by atoms with Crippen LogP contribution in [-0.4, -0.2) is 20.1 Å². The fourth-order valence-corrected chi connectivity index (χ4v) is 10.5. The van der Waals surface area contributed by atoms with Crippen molar-refractivity contribution in [2.75, 3.05) is 0 Å². The number of allylic oxidation sites excluding steroid dienone is 2. The zero-order valence-electron chi connectivity index (χ0n) is 26.5. The average molecular weight is 631 g/mol. The summed E-state index contributed by atoms with van der Waals surface area (Å²) in [6, 6.07) is 40.6. The van der Waals surface area contributed by atoms with E-state index in [-0.39, 0.29) is 11.6 Å². The lowest BCUT2D eigenvalue weighted by molar-refractivity contribution is 0.0970. The standard InChI is InChI=1S/C42H34O4Si/c1-3-13-32-33(14-4-2)42(44)39-34(41(32)43)24-21-28-23-26-36-40(37(28)39)38-31-20-12-11-15-27(31)22-25-35(38)45-47(46-36,29-16-7-5-8-17-29)30-18-9-6-10-19-30/h5-12,15-26H,3-4,13-14H2,1-2H3. The van der Waals surface area contributed by atoms with Crippen molar-refractivity contribution in [2.24, 2.45) is 0 Å². The molecule has 4 nitrogen and oxygen atoms in total. The van der Waals surface area contributed by atoms with Crippen molar-refractivity contribution in [1.82, 2.24) is 0 Å². The minimum atomic E-state index is -3.44. The van der Waals surface area contributed by atoms with Gasteiger partial charge in [0.1, 0.15) is 11.5 Å². The largest absolute Gasteiger partial charge is 0.531 e. The van der Waals surface area contributed by atoms with Crippen molar-refractivity contribution in [3.63, 3.8) is 0 Å². The van der Waals surface area contributed by atoms with Crippen LogP contribution in [0.2, 0.25) is 0 Å². The zero-order valence-corrected chi connectivity index (χ0v) is 27.5. The molecule has 5 heteroatoms. The molecule has 47 heavy (non-hydrogen) atoms. The summed E-state index contributed by atoms with van der Waals surface area (Å²) in [5, 5.41) is 5.62. The SMILES string of the molecule is CCCC1=C(CCC)C(=O)c2c(ccc3ccc4c(c23)-c2c(ccc3ccccc23)O[Si](c2ccccc2)(c2ccccc2)O4)C1=O. The van der Waals surface area contributed by atoms with E-state index in [9.17, 15) is 9.59 Å².